The molecule has 8 rings (SSSR count). The summed E-state index contributed by atoms with van der Waals surface area (Å²) >= 11 is 0. The second-order valence-electron chi connectivity index (χ2n) is 16.8. The molecule has 332 valence electrons. The number of ether oxygens (including phenoxy) is 4. The number of carboxylic acids is 1. The quantitative estimate of drug-likeness (QED) is 0.0576. The Morgan fingerprint density at radius 3 is 1.81 bits per heavy atom. The normalized spacial score (nSPS) is 14.1. The number of aromatic nitrogens is 6. The Morgan fingerprint density at radius 2 is 1.27 bits per heavy atom. The van der Waals surface area contributed by atoms with Gasteiger partial charge in [-0.05, 0) is 107 Å². The van der Waals surface area contributed by atoms with Gasteiger partial charge in [-0.15, -0.1) is 0 Å². The van der Waals surface area contributed by atoms with Crippen molar-refractivity contribution in [1.29, 1.82) is 0 Å². The van der Waals surface area contributed by atoms with Gasteiger partial charge in [0, 0.05) is 54.0 Å². The molecule has 2 aliphatic rings. The average molecular weight is 860 g/mol. The first kappa shape index (κ1) is 43.4. The largest absolute Gasteiger partial charge is 0.491 e. The number of carbonyl (C=O) groups is 2. The summed E-state index contributed by atoms with van der Waals surface area (Å²) in [6, 6.07) is 12.7. The molecule has 2 fully saturated rings. The summed E-state index contributed by atoms with van der Waals surface area (Å²) in [5.41, 5.74) is 7.59. The fourth-order valence-corrected chi connectivity index (χ4v) is 8.17. The van der Waals surface area contributed by atoms with Crippen molar-refractivity contribution in [3.8, 4) is 11.5 Å². The molecule has 0 atom stereocenters. The van der Waals surface area contributed by atoms with Crippen molar-refractivity contribution >= 4 is 57.5 Å². The fourth-order valence-electron chi connectivity index (χ4n) is 8.17. The van der Waals surface area contributed by atoms with E-state index < -0.39 is 5.97 Å². The van der Waals surface area contributed by atoms with E-state index >= 15 is 0 Å². The number of fused-ring (bicyclic) bond motifs is 2. The lowest BCUT2D eigenvalue weighted by atomic mass is 10.1. The Bertz CT molecular complexity index is 2630. The molecule has 0 saturated carbocycles. The summed E-state index contributed by atoms with van der Waals surface area (Å²) < 4.78 is 27.6. The van der Waals surface area contributed by atoms with Gasteiger partial charge in [-0.25, -0.2) is 24.7 Å². The Labute approximate surface area is 366 Å². The lowest BCUT2D eigenvalue weighted by Gasteiger charge is -2.25. The smallest absolute Gasteiger partial charge is 0.335 e. The zero-order valence-corrected chi connectivity index (χ0v) is 37.0. The van der Waals surface area contributed by atoms with Crippen LogP contribution in [0.25, 0.3) is 22.1 Å². The van der Waals surface area contributed by atoms with Crippen LogP contribution in [0.1, 0.15) is 88.3 Å². The van der Waals surface area contributed by atoms with Gasteiger partial charge in [0.05, 0.1) is 56.2 Å². The molecule has 0 bridgehead atoms. The summed E-state index contributed by atoms with van der Waals surface area (Å²) in [6.45, 7) is 17.3. The van der Waals surface area contributed by atoms with E-state index in [4.69, 9.17) is 38.9 Å². The van der Waals surface area contributed by atoms with Gasteiger partial charge in [0.1, 0.15) is 34.2 Å². The number of carboxylic acid groups (broad SMARTS) is 1. The first-order valence-electron chi connectivity index (χ1n) is 22.0. The van der Waals surface area contributed by atoms with Crippen molar-refractivity contribution < 1.29 is 33.6 Å². The first-order valence-corrected chi connectivity index (χ1v) is 22.0. The number of anilines is 4. The van der Waals surface area contributed by atoms with Gasteiger partial charge >= 0.3 is 5.97 Å². The maximum absolute atomic E-state index is 14.2. The third kappa shape index (κ3) is 9.71. The number of imidazole rings is 2. The summed E-state index contributed by atoms with van der Waals surface area (Å²) in [7, 11) is 0. The zero-order chi connectivity index (χ0) is 44.2. The van der Waals surface area contributed by atoms with Crippen LogP contribution in [0.15, 0.2) is 42.5 Å². The molecular formula is C47H57N9O7. The van der Waals surface area contributed by atoms with Crippen LogP contribution in [0.4, 0.5) is 23.5 Å². The predicted molar refractivity (Wildman–Crippen MR) is 241 cm³/mol. The predicted octanol–water partition coefficient (Wildman–Crippen LogP) is 8.18. The SMILES string of the molecule is CCCn1c(Nc2cc(C)cc(C)n2)nc2cc(C(=O)NCc3c(C)cc(C)nc3Nc3nc4cc(C(=O)O)cc(OCCC5COC5)c4n3CCC)cc(OCCC3COC3)c21. The lowest BCUT2D eigenvalue weighted by molar-refractivity contribution is -0.0401. The van der Waals surface area contributed by atoms with Crippen molar-refractivity contribution in [3.63, 3.8) is 0 Å². The second-order valence-corrected chi connectivity index (χ2v) is 16.8. The molecular weight excluding hydrogens is 803 g/mol. The molecule has 2 aromatic carbocycles. The zero-order valence-electron chi connectivity index (χ0n) is 37.0. The van der Waals surface area contributed by atoms with E-state index in [-0.39, 0.29) is 18.0 Å². The molecule has 16 nitrogen and oxygen atoms in total. The van der Waals surface area contributed by atoms with E-state index in [9.17, 15) is 14.7 Å². The monoisotopic (exact) mass is 859 g/mol. The third-order valence-electron chi connectivity index (χ3n) is 11.5. The number of nitrogens with one attached hydrogen (secondary N) is 3. The minimum absolute atomic E-state index is 0.0906. The molecule has 2 saturated heterocycles. The number of hydrogen-bond acceptors (Lipinski definition) is 12. The average Bonchev–Trinajstić information content (AvgIpc) is 3.72. The molecule has 63 heavy (non-hydrogen) atoms. The van der Waals surface area contributed by atoms with E-state index in [2.05, 4.69) is 34.4 Å². The number of amides is 1. The number of aromatic carboxylic acids is 1. The molecule has 4 N–H and O–H groups in total. The fraction of sp³-hybridized carbons (Fsp3) is 0.447. The van der Waals surface area contributed by atoms with Crippen molar-refractivity contribution in [2.75, 3.05) is 50.3 Å². The van der Waals surface area contributed by atoms with Gasteiger partial charge in [-0.1, -0.05) is 13.8 Å². The van der Waals surface area contributed by atoms with E-state index in [0.717, 1.165) is 72.5 Å². The second kappa shape index (κ2) is 19.0. The van der Waals surface area contributed by atoms with Gasteiger partial charge in [-0.2, -0.15) is 0 Å². The Kier molecular flexibility index (Phi) is 13.1. The number of hydrogen-bond donors (Lipinski definition) is 4. The van der Waals surface area contributed by atoms with Crippen molar-refractivity contribution in [3.05, 3.63) is 81.7 Å². The van der Waals surface area contributed by atoms with Crippen LogP contribution >= 0.6 is 0 Å². The van der Waals surface area contributed by atoms with Gasteiger partial charge < -0.3 is 49.1 Å². The van der Waals surface area contributed by atoms with Crippen molar-refractivity contribution in [2.24, 2.45) is 11.8 Å². The maximum Gasteiger partial charge on any atom is 0.335 e. The van der Waals surface area contributed by atoms with Crippen LogP contribution in [0.2, 0.25) is 0 Å². The molecule has 0 spiro atoms. The Morgan fingerprint density at radius 1 is 0.714 bits per heavy atom. The number of nitrogens with zero attached hydrogens (tertiary/aromatic N) is 6. The summed E-state index contributed by atoms with van der Waals surface area (Å²) in [6.07, 6.45) is 3.28. The summed E-state index contributed by atoms with van der Waals surface area (Å²) in [5, 5.41) is 20.0. The highest BCUT2D eigenvalue weighted by Gasteiger charge is 2.25. The van der Waals surface area contributed by atoms with Gasteiger partial charge in [-0.3, -0.25) is 4.79 Å². The van der Waals surface area contributed by atoms with E-state index in [1.165, 1.54) is 0 Å². The minimum atomic E-state index is -1.06. The molecule has 4 aromatic heterocycles. The molecule has 16 heteroatoms. The highest BCUT2D eigenvalue weighted by Crippen LogP contribution is 2.35. The van der Waals surface area contributed by atoms with Crippen LogP contribution in [-0.2, 0) is 29.1 Å². The standard InChI is InChI=1S/C47H57N9O7/c1-7-11-55-41-36(51-46(55)53-40-16-27(3)15-29(5)49-40)18-33(20-38(41)62-13-9-31-23-60-24-31)44(57)48-22-35-28(4)17-30(6)50-43(35)54-47-52-37-19-34(45(58)59)21-39(42(37)56(47)12-8-2)63-14-10-32-25-61-26-32/h15-21,31-32H,7-14,22-26H2,1-6H3,(H,48,57)(H,58,59)(H,49,51,53)(H,50,52,54). The minimum Gasteiger partial charge on any atom is -0.491 e. The number of aryl methyl sites for hydroxylation is 6. The summed E-state index contributed by atoms with van der Waals surface area (Å²) in [4.78, 5) is 45.9. The van der Waals surface area contributed by atoms with Crippen LogP contribution < -0.4 is 25.4 Å². The van der Waals surface area contributed by atoms with Gasteiger partial charge in [0.2, 0.25) is 11.9 Å². The molecule has 6 aromatic rings. The van der Waals surface area contributed by atoms with Crippen molar-refractivity contribution in [2.45, 2.75) is 86.9 Å². The number of carbonyl (C=O) groups excluding carboxylic acids is 1. The maximum atomic E-state index is 14.2. The molecule has 1 amide bonds. The van der Waals surface area contributed by atoms with Crippen LogP contribution in [0.3, 0.4) is 0 Å². The van der Waals surface area contributed by atoms with Gasteiger partial charge in [0.25, 0.3) is 5.91 Å². The van der Waals surface area contributed by atoms with Crippen LogP contribution in [0, 0.1) is 39.5 Å². The Balaban J connectivity index is 1.09. The first-order chi connectivity index (χ1) is 30.5. The molecule has 2 aliphatic heterocycles. The topological polar surface area (TPSA) is 189 Å². The van der Waals surface area contributed by atoms with Gasteiger partial charge in [0.15, 0.2) is 0 Å². The molecule has 0 aliphatic carbocycles. The van der Waals surface area contributed by atoms with E-state index in [0.29, 0.717) is 108 Å². The third-order valence-corrected chi connectivity index (χ3v) is 11.5. The lowest BCUT2D eigenvalue weighted by Crippen LogP contribution is -2.29. The highest BCUT2D eigenvalue weighted by molar-refractivity contribution is 6.00. The highest BCUT2D eigenvalue weighted by atomic mass is 16.5. The number of pyridine rings is 2. The number of benzene rings is 2. The van der Waals surface area contributed by atoms with E-state index in [1.54, 1.807) is 24.3 Å². The van der Waals surface area contributed by atoms with Crippen molar-refractivity contribution in [1.82, 2.24) is 34.4 Å². The van der Waals surface area contributed by atoms with E-state index in [1.807, 2.05) is 50.5 Å². The number of rotatable bonds is 20. The molecule has 0 radical (unpaired) electrons. The van der Waals surface area contributed by atoms with Crippen LogP contribution in [-0.4, -0.2) is 85.7 Å². The Hall–Kier alpha value is -6.26. The molecule has 6 heterocycles. The molecule has 0 unspecified atom stereocenters. The van der Waals surface area contributed by atoms with Crippen LogP contribution in [0.5, 0.6) is 11.5 Å². The summed E-state index contributed by atoms with van der Waals surface area (Å²) in [5.74, 6) is 2.87.